The van der Waals surface area contributed by atoms with Gasteiger partial charge in [0.2, 0.25) is 11.2 Å². The number of methoxy groups -OCH3 is 1. The largest absolute Gasteiger partial charge is 0.497 e. The molecule has 6 nitrogen and oxygen atoms in total. The van der Waals surface area contributed by atoms with Gasteiger partial charge < -0.3 is 19.3 Å². The topological polar surface area (TPSA) is 63.4 Å². The minimum atomic E-state index is 0.110. The molecule has 3 aromatic rings. The number of halogens is 1. The van der Waals surface area contributed by atoms with Crippen LogP contribution in [0.3, 0.4) is 0 Å². The molecule has 1 aromatic carbocycles. The van der Waals surface area contributed by atoms with E-state index in [4.69, 9.17) is 16.3 Å². The summed E-state index contributed by atoms with van der Waals surface area (Å²) in [7, 11) is 1.68. The van der Waals surface area contributed by atoms with Gasteiger partial charge >= 0.3 is 0 Å². The normalized spacial score (nSPS) is 17.2. The van der Waals surface area contributed by atoms with E-state index in [2.05, 4.69) is 27.0 Å². The molecule has 4 rings (SSSR count). The third-order valence-corrected chi connectivity index (χ3v) is 5.35. The summed E-state index contributed by atoms with van der Waals surface area (Å²) in [5.41, 5.74) is 1.68. The van der Waals surface area contributed by atoms with Gasteiger partial charge in [-0.15, -0.1) is 0 Å². The lowest BCUT2D eigenvalue weighted by molar-refractivity contribution is 0.404. The van der Waals surface area contributed by atoms with Gasteiger partial charge in [-0.05, 0) is 56.0 Å². The van der Waals surface area contributed by atoms with Gasteiger partial charge in [0.15, 0.2) is 0 Å². The second kappa shape index (κ2) is 6.93. The van der Waals surface area contributed by atoms with Crippen LogP contribution in [0.2, 0.25) is 5.28 Å². The Morgan fingerprint density at radius 3 is 2.85 bits per heavy atom. The van der Waals surface area contributed by atoms with Crippen molar-refractivity contribution in [2.75, 3.05) is 18.6 Å². The minimum absolute atomic E-state index is 0.110. The number of nitrogens with zero attached hydrogens (tertiary/aromatic N) is 4. The maximum absolute atomic E-state index is 10.6. The molecule has 1 N–H and O–H groups in total. The smallest absolute Gasteiger partial charge is 0.225 e. The van der Waals surface area contributed by atoms with Crippen LogP contribution < -0.4 is 9.64 Å². The lowest BCUT2D eigenvalue weighted by atomic mass is 10.0. The van der Waals surface area contributed by atoms with E-state index in [1.54, 1.807) is 11.7 Å². The number of benzene rings is 1. The Morgan fingerprint density at radius 2 is 2.11 bits per heavy atom. The summed E-state index contributed by atoms with van der Waals surface area (Å²) in [5.74, 6) is 1.74. The molecule has 0 amide bonds. The number of rotatable bonds is 4. The Balaban J connectivity index is 1.84. The second-order valence-electron chi connectivity index (χ2n) is 7.16. The molecule has 1 unspecified atom stereocenters. The molecule has 1 atom stereocenters. The van der Waals surface area contributed by atoms with Gasteiger partial charge in [0.25, 0.3) is 0 Å². The van der Waals surface area contributed by atoms with Gasteiger partial charge in [-0.1, -0.05) is 12.1 Å². The van der Waals surface area contributed by atoms with Gasteiger partial charge in [-0.25, -0.2) is 4.98 Å². The third-order valence-electron chi connectivity index (χ3n) is 5.18. The average Bonchev–Trinajstić information content (AvgIpc) is 3.27. The zero-order chi connectivity index (χ0) is 19.1. The highest BCUT2D eigenvalue weighted by Crippen LogP contribution is 2.41. The molecule has 0 aliphatic carbocycles. The van der Waals surface area contributed by atoms with Crippen molar-refractivity contribution in [3.05, 3.63) is 41.3 Å². The van der Waals surface area contributed by atoms with Crippen molar-refractivity contribution in [3.8, 4) is 11.6 Å². The third kappa shape index (κ3) is 3.08. The van der Waals surface area contributed by atoms with Crippen LogP contribution in [0.5, 0.6) is 11.6 Å². The van der Waals surface area contributed by atoms with E-state index in [1.165, 1.54) is 5.56 Å². The maximum atomic E-state index is 10.6. The van der Waals surface area contributed by atoms with Gasteiger partial charge in [0.05, 0.1) is 18.5 Å². The molecular formula is C20H23ClN4O2. The van der Waals surface area contributed by atoms with Gasteiger partial charge in [0, 0.05) is 18.8 Å². The summed E-state index contributed by atoms with van der Waals surface area (Å²) in [6, 6.07) is 8.43. The summed E-state index contributed by atoms with van der Waals surface area (Å²) in [6.45, 7) is 4.91. The molecule has 0 saturated carbocycles. The summed E-state index contributed by atoms with van der Waals surface area (Å²) >= 11 is 6.22. The van der Waals surface area contributed by atoms with Crippen molar-refractivity contribution in [3.63, 3.8) is 0 Å². The molecule has 0 spiro atoms. The SMILES string of the molecule is COc1cccc(C2CCCN2c2nc(Cl)nc3c(O)n(C(C)C)cc23)c1. The van der Waals surface area contributed by atoms with E-state index < -0.39 is 0 Å². The Labute approximate surface area is 163 Å². The van der Waals surface area contributed by atoms with Crippen molar-refractivity contribution in [1.82, 2.24) is 14.5 Å². The van der Waals surface area contributed by atoms with Crippen molar-refractivity contribution >= 4 is 28.3 Å². The van der Waals surface area contributed by atoms with E-state index >= 15 is 0 Å². The van der Waals surface area contributed by atoms with E-state index in [1.807, 2.05) is 32.2 Å². The first-order chi connectivity index (χ1) is 13.0. The number of anilines is 1. The molecule has 3 heterocycles. The van der Waals surface area contributed by atoms with E-state index in [-0.39, 0.29) is 23.2 Å². The summed E-state index contributed by atoms with van der Waals surface area (Å²) in [6.07, 6.45) is 4.00. The maximum Gasteiger partial charge on any atom is 0.225 e. The van der Waals surface area contributed by atoms with Gasteiger partial charge in [0.1, 0.15) is 17.1 Å². The lowest BCUT2D eigenvalue weighted by Crippen LogP contribution is -2.24. The summed E-state index contributed by atoms with van der Waals surface area (Å²) in [4.78, 5) is 11.1. The molecule has 1 aliphatic heterocycles. The highest BCUT2D eigenvalue weighted by atomic mass is 35.5. The van der Waals surface area contributed by atoms with E-state index in [9.17, 15) is 5.11 Å². The van der Waals surface area contributed by atoms with Gasteiger partial charge in [-0.2, -0.15) is 4.98 Å². The monoisotopic (exact) mass is 386 g/mol. The van der Waals surface area contributed by atoms with E-state index in [0.717, 1.165) is 36.3 Å². The Bertz CT molecular complexity index is 986. The van der Waals surface area contributed by atoms with Gasteiger partial charge in [-0.3, -0.25) is 0 Å². The highest BCUT2D eigenvalue weighted by Gasteiger charge is 2.30. The van der Waals surface area contributed by atoms with Crippen LogP contribution in [0.25, 0.3) is 10.9 Å². The first-order valence-electron chi connectivity index (χ1n) is 9.17. The van der Waals surface area contributed by atoms with Crippen molar-refractivity contribution in [2.45, 2.75) is 38.8 Å². The zero-order valence-electron chi connectivity index (χ0n) is 15.7. The molecule has 2 aromatic heterocycles. The number of hydrogen-bond donors (Lipinski definition) is 1. The fraction of sp³-hybridized carbons (Fsp3) is 0.400. The molecule has 1 aliphatic rings. The van der Waals surface area contributed by atoms with Crippen LogP contribution in [0.1, 0.15) is 44.3 Å². The first kappa shape index (κ1) is 17.9. The molecule has 0 radical (unpaired) electrons. The lowest BCUT2D eigenvalue weighted by Gasteiger charge is -2.27. The molecule has 0 bridgehead atoms. The van der Waals surface area contributed by atoms with Crippen molar-refractivity contribution in [2.24, 2.45) is 0 Å². The van der Waals surface area contributed by atoms with Crippen molar-refractivity contribution in [1.29, 1.82) is 0 Å². The fourth-order valence-electron chi connectivity index (χ4n) is 3.87. The number of hydrogen-bond acceptors (Lipinski definition) is 5. The fourth-order valence-corrected chi connectivity index (χ4v) is 4.04. The quantitative estimate of drug-likeness (QED) is 0.657. The summed E-state index contributed by atoms with van der Waals surface area (Å²) in [5, 5.41) is 11.5. The Morgan fingerprint density at radius 1 is 1.30 bits per heavy atom. The standard InChI is InChI=1S/C20H23ClN4O2/c1-12(2)25-11-15-17(19(25)26)22-20(21)23-18(15)24-9-5-8-16(24)13-6-4-7-14(10-13)27-3/h4,6-7,10-12,16,26H,5,8-9H2,1-3H3. The molecule has 142 valence electrons. The van der Waals surface area contributed by atoms with Crippen LogP contribution in [0.4, 0.5) is 5.82 Å². The molecule has 1 fully saturated rings. The number of fused-ring (bicyclic) bond motifs is 1. The van der Waals surface area contributed by atoms with Crippen LogP contribution in [-0.2, 0) is 0 Å². The molecule has 27 heavy (non-hydrogen) atoms. The summed E-state index contributed by atoms with van der Waals surface area (Å²) < 4.78 is 7.19. The Kier molecular flexibility index (Phi) is 4.60. The molecule has 7 heteroatoms. The van der Waals surface area contributed by atoms with E-state index in [0.29, 0.717) is 5.52 Å². The predicted octanol–water partition coefficient (Wildman–Crippen LogP) is 4.72. The highest BCUT2D eigenvalue weighted by molar-refractivity contribution is 6.29. The predicted molar refractivity (Wildman–Crippen MR) is 107 cm³/mol. The number of aromatic hydroxyl groups is 1. The van der Waals surface area contributed by atoms with Crippen LogP contribution in [0.15, 0.2) is 30.5 Å². The average molecular weight is 387 g/mol. The van der Waals surface area contributed by atoms with Crippen LogP contribution in [-0.4, -0.2) is 33.3 Å². The number of ether oxygens (including phenoxy) is 1. The Hall–Kier alpha value is -2.47. The zero-order valence-corrected chi connectivity index (χ0v) is 16.4. The number of aromatic nitrogens is 3. The molecule has 1 saturated heterocycles. The molecular weight excluding hydrogens is 364 g/mol. The van der Waals surface area contributed by atoms with Crippen molar-refractivity contribution < 1.29 is 9.84 Å². The first-order valence-corrected chi connectivity index (χ1v) is 9.55. The van der Waals surface area contributed by atoms with Crippen LogP contribution >= 0.6 is 11.6 Å². The second-order valence-corrected chi connectivity index (χ2v) is 7.50. The van der Waals surface area contributed by atoms with Crippen LogP contribution in [0, 0.1) is 0 Å². The minimum Gasteiger partial charge on any atom is -0.497 e.